The van der Waals surface area contributed by atoms with Crippen molar-refractivity contribution >= 4 is 16.9 Å². The van der Waals surface area contributed by atoms with E-state index in [4.69, 9.17) is 0 Å². The van der Waals surface area contributed by atoms with Crippen molar-refractivity contribution in [3.05, 3.63) is 41.7 Å². The standard InChI is InChI=1S/C13H14N6O/c1-8-11(19(2)7-16-8)13(20)15-6-10-9-4-3-5-14-12(9)18-17-10/h3-5,7H,6H2,1-2H3,(H,15,20)(H,14,17,18). The molecule has 0 aliphatic carbocycles. The lowest BCUT2D eigenvalue weighted by Crippen LogP contribution is -2.25. The van der Waals surface area contributed by atoms with E-state index >= 15 is 0 Å². The van der Waals surface area contributed by atoms with Crippen LogP contribution in [0.4, 0.5) is 0 Å². The number of fused-ring (bicyclic) bond motifs is 1. The fourth-order valence-electron chi connectivity index (χ4n) is 2.16. The number of amides is 1. The predicted molar refractivity (Wildman–Crippen MR) is 73.0 cm³/mol. The van der Waals surface area contributed by atoms with Gasteiger partial charge in [0.15, 0.2) is 5.65 Å². The van der Waals surface area contributed by atoms with Gasteiger partial charge in [0.2, 0.25) is 0 Å². The number of aromatic nitrogens is 5. The molecule has 1 amide bonds. The van der Waals surface area contributed by atoms with E-state index < -0.39 is 0 Å². The van der Waals surface area contributed by atoms with Crippen molar-refractivity contribution in [1.82, 2.24) is 30.0 Å². The van der Waals surface area contributed by atoms with Crippen LogP contribution in [0.2, 0.25) is 0 Å². The van der Waals surface area contributed by atoms with E-state index in [0.29, 0.717) is 23.6 Å². The van der Waals surface area contributed by atoms with Crippen LogP contribution in [0.3, 0.4) is 0 Å². The number of carbonyl (C=O) groups excluding carboxylic acids is 1. The average Bonchev–Trinajstić information content (AvgIpc) is 3.00. The monoisotopic (exact) mass is 270 g/mol. The first-order valence-corrected chi connectivity index (χ1v) is 6.21. The number of aromatic amines is 1. The number of aryl methyl sites for hydroxylation is 2. The second kappa shape index (κ2) is 4.76. The molecule has 3 aromatic rings. The summed E-state index contributed by atoms with van der Waals surface area (Å²) in [5.41, 5.74) is 2.75. The van der Waals surface area contributed by atoms with Gasteiger partial charge in [0.1, 0.15) is 5.69 Å². The van der Waals surface area contributed by atoms with E-state index in [1.165, 1.54) is 0 Å². The highest BCUT2D eigenvalue weighted by Crippen LogP contribution is 2.12. The Morgan fingerprint density at radius 1 is 1.45 bits per heavy atom. The van der Waals surface area contributed by atoms with Gasteiger partial charge in [-0.3, -0.25) is 9.89 Å². The Balaban J connectivity index is 1.78. The highest BCUT2D eigenvalue weighted by Gasteiger charge is 2.14. The molecule has 0 unspecified atom stereocenters. The zero-order valence-electron chi connectivity index (χ0n) is 11.2. The molecule has 0 aliphatic rings. The van der Waals surface area contributed by atoms with Crippen LogP contribution in [0.5, 0.6) is 0 Å². The molecule has 20 heavy (non-hydrogen) atoms. The summed E-state index contributed by atoms with van der Waals surface area (Å²) in [6.45, 7) is 2.18. The molecular weight excluding hydrogens is 256 g/mol. The molecule has 3 aromatic heterocycles. The third kappa shape index (κ3) is 2.03. The normalized spacial score (nSPS) is 10.9. The Morgan fingerprint density at radius 2 is 2.30 bits per heavy atom. The number of H-pyrrole nitrogens is 1. The Labute approximate surface area is 115 Å². The molecule has 3 rings (SSSR count). The Hall–Kier alpha value is -2.70. The van der Waals surface area contributed by atoms with Crippen molar-refractivity contribution in [2.45, 2.75) is 13.5 Å². The van der Waals surface area contributed by atoms with Crippen LogP contribution in [0.15, 0.2) is 24.7 Å². The van der Waals surface area contributed by atoms with Gasteiger partial charge in [-0.1, -0.05) is 0 Å². The molecule has 0 aromatic carbocycles. The molecule has 102 valence electrons. The maximum absolute atomic E-state index is 12.2. The third-order valence-electron chi connectivity index (χ3n) is 3.17. The van der Waals surface area contributed by atoms with Gasteiger partial charge >= 0.3 is 0 Å². The number of nitrogens with zero attached hydrogens (tertiary/aromatic N) is 4. The van der Waals surface area contributed by atoms with E-state index in [2.05, 4.69) is 25.5 Å². The number of carbonyl (C=O) groups is 1. The van der Waals surface area contributed by atoms with Gasteiger partial charge in [0, 0.05) is 18.6 Å². The van der Waals surface area contributed by atoms with Gasteiger partial charge in [0.25, 0.3) is 5.91 Å². The summed E-state index contributed by atoms with van der Waals surface area (Å²) < 4.78 is 1.71. The van der Waals surface area contributed by atoms with Crippen LogP contribution in [-0.4, -0.2) is 30.6 Å². The minimum absolute atomic E-state index is 0.158. The van der Waals surface area contributed by atoms with Crippen molar-refractivity contribution in [2.24, 2.45) is 7.05 Å². The van der Waals surface area contributed by atoms with Gasteiger partial charge in [0.05, 0.1) is 24.3 Å². The third-order valence-corrected chi connectivity index (χ3v) is 3.17. The first-order chi connectivity index (χ1) is 9.66. The van der Waals surface area contributed by atoms with E-state index in [-0.39, 0.29) is 5.91 Å². The molecule has 0 saturated heterocycles. The molecule has 0 aliphatic heterocycles. The van der Waals surface area contributed by atoms with Crippen LogP contribution in [0, 0.1) is 6.92 Å². The van der Waals surface area contributed by atoms with Crippen LogP contribution >= 0.6 is 0 Å². The molecule has 0 fully saturated rings. The zero-order chi connectivity index (χ0) is 14.1. The topological polar surface area (TPSA) is 88.5 Å². The highest BCUT2D eigenvalue weighted by atomic mass is 16.2. The predicted octanol–water partition coefficient (Wildman–Crippen LogP) is 0.930. The lowest BCUT2D eigenvalue weighted by atomic mass is 10.2. The lowest BCUT2D eigenvalue weighted by molar-refractivity contribution is 0.0941. The van der Waals surface area contributed by atoms with Gasteiger partial charge in [-0.15, -0.1) is 0 Å². The number of imidazole rings is 1. The van der Waals surface area contributed by atoms with Crippen molar-refractivity contribution in [3.8, 4) is 0 Å². The first kappa shape index (κ1) is 12.3. The minimum Gasteiger partial charge on any atom is -0.345 e. The summed E-state index contributed by atoms with van der Waals surface area (Å²) in [6, 6.07) is 3.76. The van der Waals surface area contributed by atoms with E-state index in [1.807, 2.05) is 19.1 Å². The minimum atomic E-state index is -0.158. The van der Waals surface area contributed by atoms with Gasteiger partial charge in [-0.2, -0.15) is 5.10 Å². The van der Waals surface area contributed by atoms with Gasteiger partial charge < -0.3 is 9.88 Å². The smallest absolute Gasteiger partial charge is 0.270 e. The molecule has 0 bridgehead atoms. The maximum Gasteiger partial charge on any atom is 0.270 e. The molecule has 2 N–H and O–H groups in total. The summed E-state index contributed by atoms with van der Waals surface area (Å²) in [5.74, 6) is -0.158. The number of rotatable bonds is 3. The van der Waals surface area contributed by atoms with Crippen molar-refractivity contribution in [3.63, 3.8) is 0 Å². The molecule has 0 radical (unpaired) electrons. The summed E-state index contributed by atoms with van der Waals surface area (Å²) in [5, 5.41) is 10.8. The summed E-state index contributed by atoms with van der Waals surface area (Å²) >= 11 is 0. The van der Waals surface area contributed by atoms with Crippen molar-refractivity contribution in [1.29, 1.82) is 0 Å². The zero-order valence-corrected chi connectivity index (χ0v) is 11.2. The molecule has 0 atom stereocenters. The van der Waals surface area contributed by atoms with E-state index in [0.717, 1.165) is 11.1 Å². The van der Waals surface area contributed by atoms with E-state index in [9.17, 15) is 4.79 Å². The quantitative estimate of drug-likeness (QED) is 0.741. The fraction of sp³-hybridized carbons (Fsp3) is 0.231. The second-order valence-corrected chi connectivity index (χ2v) is 4.55. The molecule has 0 saturated carbocycles. The second-order valence-electron chi connectivity index (χ2n) is 4.55. The number of pyridine rings is 1. The average molecular weight is 270 g/mol. The van der Waals surface area contributed by atoms with Crippen molar-refractivity contribution < 1.29 is 4.79 Å². The Bertz CT molecular complexity index is 753. The molecular formula is C13H14N6O. The molecule has 3 heterocycles. The van der Waals surface area contributed by atoms with Crippen molar-refractivity contribution in [2.75, 3.05) is 0 Å². The highest BCUT2D eigenvalue weighted by molar-refractivity contribution is 5.93. The number of hydrogen-bond acceptors (Lipinski definition) is 4. The van der Waals surface area contributed by atoms with E-state index in [1.54, 1.807) is 24.1 Å². The van der Waals surface area contributed by atoms with Crippen LogP contribution in [0.1, 0.15) is 21.9 Å². The Kier molecular flexibility index (Phi) is 2.94. The SMILES string of the molecule is Cc1ncn(C)c1C(=O)NCc1[nH]nc2ncccc12. The first-order valence-electron chi connectivity index (χ1n) is 6.21. The summed E-state index contributed by atoms with van der Waals surface area (Å²) in [4.78, 5) is 20.4. The molecule has 7 nitrogen and oxygen atoms in total. The summed E-state index contributed by atoms with van der Waals surface area (Å²) in [6.07, 6.45) is 3.31. The van der Waals surface area contributed by atoms with Crippen LogP contribution in [0.25, 0.3) is 11.0 Å². The summed E-state index contributed by atoms with van der Waals surface area (Å²) in [7, 11) is 1.80. The Morgan fingerprint density at radius 3 is 3.05 bits per heavy atom. The molecule has 0 spiro atoms. The number of nitrogens with one attached hydrogen (secondary N) is 2. The number of hydrogen-bond donors (Lipinski definition) is 2. The maximum atomic E-state index is 12.2. The van der Waals surface area contributed by atoms with Crippen LogP contribution in [-0.2, 0) is 13.6 Å². The lowest BCUT2D eigenvalue weighted by Gasteiger charge is -2.05. The van der Waals surface area contributed by atoms with Crippen LogP contribution < -0.4 is 5.32 Å². The molecule has 7 heteroatoms. The van der Waals surface area contributed by atoms with Gasteiger partial charge in [-0.25, -0.2) is 9.97 Å². The largest absolute Gasteiger partial charge is 0.345 e. The fourth-order valence-corrected chi connectivity index (χ4v) is 2.16. The van der Waals surface area contributed by atoms with Gasteiger partial charge in [-0.05, 0) is 19.1 Å².